The molecule has 0 aliphatic rings. The Morgan fingerprint density at radius 2 is 1.80 bits per heavy atom. The van der Waals surface area contributed by atoms with Gasteiger partial charge in [-0.1, -0.05) is 12.2 Å². The van der Waals surface area contributed by atoms with Gasteiger partial charge in [0.15, 0.2) is 0 Å². The normalized spacial score (nSPS) is 2.40. The van der Waals surface area contributed by atoms with Crippen molar-refractivity contribution in [3.63, 3.8) is 0 Å². The van der Waals surface area contributed by atoms with E-state index in [1.807, 2.05) is 0 Å². The molecule has 0 saturated heterocycles. The molecule has 3 heteroatoms. The van der Waals surface area contributed by atoms with Crippen LogP contribution < -0.4 is 0 Å². The maximum Gasteiger partial charge on any atom is 0.0673 e. The summed E-state index contributed by atoms with van der Waals surface area (Å²) in [5.74, 6) is 0. The number of isothiocyanates is 1. The SMILES string of the molecule is C=[PH2+].[N-]=C=S. The number of rotatable bonds is 0. The summed E-state index contributed by atoms with van der Waals surface area (Å²) in [6, 6.07) is 0. The average Bonchev–Trinajstić information content (AvgIpc) is 1.46. The smallest absolute Gasteiger partial charge is 0.0673 e. The molecule has 0 aromatic rings. The molecule has 0 N–H and O–H groups in total. The molecule has 0 aliphatic carbocycles. The lowest BCUT2D eigenvalue weighted by Crippen LogP contribution is -0.979. The molecule has 5 heavy (non-hydrogen) atoms. The minimum absolute atomic E-state index is 1.33. The Labute approximate surface area is 38.7 Å². The van der Waals surface area contributed by atoms with Gasteiger partial charge in [0.2, 0.25) is 0 Å². The fourth-order valence-electron chi connectivity index (χ4n) is 0. The van der Waals surface area contributed by atoms with Crippen LogP contribution in [0.4, 0.5) is 0 Å². The van der Waals surface area contributed by atoms with Crippen LogP contribution in [0.3, 0.4) is 0 Å². The molecule has 0 aliphatic heterocycles. The van der Waals surface area contributed by atoms with Crippen molar-refractivity contribution >= 4 is 32.5 Å². The molecule has 0 aromatic carbocycles. The summed E-state index contributed by atoms with van der Waals surface area (Å²) in [5.41, 5.74) is 0. The van der Waals surface area contributed by atoms with Gasteiger partial charge in [-0.15, -0.1) is 0 Å². The summed E-state index contributed by atoms with van der Waals surface area (Å²) in [5, 5.41) is 8.47. The van der Waals surface area contributed by atoms with Gasteiger partial charge >= 0.3 is 0 Å². The molecule has 0 heterocycles. The Bertz CT molecular complexity index is 38.9. The van der Waals surface area contributed by atoms with Gasteiger partial charge in [0.05, 0.1) is 15.2 Å². The second kappa shape index (κ2) is 37.2. The Balaban J connectivity index is 0. The van der Waals surface area contributed by atoms with Crippen LogP contribution in [0.5, 0.6) is 0 Å². The van der Waals surface area contributed by atoms with Crippen molar-refractivity contribution in [2.75, 3.05) is 0 Å². The van der Waals surface area contributed by atoms with E-state index in [4.69, 9.17) is 5.41 Å². The lowest BCUT2D eigenvalue weighted by molar-refractivity contribution is 3.08. The Morgan fingerprint density at radius 1 is 1.80 bits per heavy atom. The summed E-state index contributed by atoms with van der Waals surface area (Å²) in [4.78, 5) is 0. The van der Waals surface area contributed by atoms with E-state index in [0.29, 0.717) is 0 Å². The standard InChI is InChI=1S/CNS.CH3P/c2-1-3;1-2/h;2H,1H2/q-1;/p+1. The molecular weight excluding hydrogens is 101 g/mol. The highest BCUT2D eigenvalue weighted by atomic mass is 32.1. The molecule has 0 amide bonds. The van der Waals surface area contributed by atoms with Gasteiger partial charge in [-0.05, 0) is 0 Å². The van der Waals surface area contributed by atoms with Crippen LogP contribution in [0.15, 0.2) is 0 Å². The maximum atomic E-state index is 7.13. The van der Waals surface area contributed by atoms with Crippen LogP contribution in [-0.4, -0.2) is 11.5 Å². The van der Waals surface area contributed by atoms with Crippen molar-refractivity contribution in [1.29, 1.82) is 0 Å². The zero-order chi connectivity index (χ0) is 4.71. The van der Waals surface area contributed by atoms with E-state index in [-0.39, 0.29) is 0 Å². The number of hydrogen-bond acceptors (Lipinski definition) is 1. The van der Waals surface area contributed by atoms with Crippen LogP contribution in [0, 0.1) is 0 Å². The molecule has 0 bridgehead atoms. The number of nitrogens with zero attached hydrogens (tertiary/aromatic N) is 1. The summed E-state index contributed by atoms with van der Waals surface area (Å²) < 4.78 is 0. The minimum Gasteiger partial charge on any atom is -0.753 e. The molecule has 28 valence electrons. The second-order valence-electron chi connectivity index (χ2n) is 0.0913. The average molecular weight is 105 g/mol. The first kappa shape index (κ1) is 8.88. The highest BCUT2D eigenvalue weighted by Gasteiger charge is 0.770. The van der Waals surface area contributed by atoms with Crippen molar-refractivity contribution in [3.8, 4) is 0 Å². The molecule has 0 fully saturated rings. The molecule has 1 nitrogen and oxygen atoms in total. The van der Waals surface area contributed by atoms with Gasteiger partial charge in [-0.25, -0.2) is 0 Å². The monoisotopic (exact) mass is 105 g/mol. The molecule has 0 saturated carbocycles. The predicted molar refractivity (Wildman–Crippen MR) is 32.8 cm³/mol. The van der Waals surface area contributed by atoms with Crippen molar-refractivity contribution in [3.05, 3.63) is 5.41 Å². The van der Waals surface area contributed by atoms with E-state index in [2.05, 4.69) is 27.4 Å². The van der Waals surface area contributed by atoms with E-state index >= 15 is 0 Å². The van der Waals surface area contributed by atoms with Crippen LogP contribution in [-0.2, 0) is 0 Å². The van der Waals surface area contributed by atoms with Crippen LogP contribution >= 0.6 is 21.1 Å². The molecule has 1 unspecified atom stereocenters. The number of thiocarbonyl (C=S) groups is 1. The Hall–Kier alpha value is -0.0300. The highest BCUT2D eigenvalue weighted by Crippen LogP contribution is 1.20. The largest absolute Gasteiger partial charge is 0.753 e. The zero-order valence-electron chi connectivity index (χ0n) is 2.64. The van der Waals surface area contributed by atoms with Crippen LogP contribution in [0.2, 0.25) is 0 Å². The number of hydrogen-bond donors (Lipinski definition) is 0. The third kappa shape index (κ3) is 17100. The first-order chi connectivity index (χ1) is 2.41. The van der Waals surface area contributed by atoms with Gasteiger partial charge in [-0.3, -0.25) is 0 Å². The fraction of sp³-hybridized carbons (Fsp3) is 0. The molecule has 0 spiro atoms. The first-order valence-electron chi connectivity index (χ1n) is 0.836. The summed E-state index contributed by atoms with van der Waals surface area (Å²) >= 11 is 3.70. The van der Waals surface area contributed by atoms with Crippen molar-refractivity contribution < 1.29 is 0 Å². The van der Waals surface area contributed by atoms with Gasteiger partial charge in [0.1, 0.15) is 0 Å². The van der Waals surface area contributed by atoms with Gasteiger partial charge in [-0.2, -0.15) is 5.16 Å². The van der Waals surface area contributed by atoms with Gasteiger partial charge in [0, 0.05) is 0 Å². The lowest BCUT2D eigenvalue weighted by atomic mass is 11.8. The molecule has 0 rings (SSSR count). The summed E-state index contributed by atoms with van der Waals surface area (Å²) in [6.45, 7) is 0. The first-order valence-corrected chi connectivity index (χ1v) is 2.06. The predicted octanol–water partition coefficient (Wildman–Crippen LogP) is 0.952. The Morgan fingerprint density at radius 3 is 1.80 bits per heavy atom. The van der Waals surface area contributed by atoms with E-state index in [1.54, 1.807) is 0 Å². The summed E-state index contributed by atoms with van der Waals surface area (Å²) in [6.07, 6.45) is 3.17. The summed E-state index contributed by atoms with van der Waals surface area (Å²) in [7, 11) is 2.17. The zero-order valence-corrected chi connectivity index (χ0v) is 4.61. The minimum atomic E-state index is 1.33. The molecule has 1 atom stereocenters. The molecular formula is C2H4NPS. The highest BCUT2D eigenvalue weighted by molar-refractivity contribution is 7.78. The fourth-order valence-corrected chi connectivity index (χ4v) is 0. The van der Waals surface area contributed by atoms with Crippen molar-refractivity contribution in [2.45, 2.75) is 0 Å². The third-order valence-corrected chi connectivity index (χ3v) is 0. The lowest BCUT2D eigenvalue weighted by Gasteiger charge is -1.37. The van der Waals surface area contributed by atoms with E-state index in [0.717, 1.165) is 0 Å². The van der Waals surface area contributed by atoms with Crippen molar-refractivity contribution in [1.82, 2.24) is 0 Å². The maximum absolute atomic E-state index is 7.13. The molecule has 0 radical (unpaired) electrons. The van der Waals surface area contributed by atoms with Crippen LogP contribution in [0.25, 0.3) is 5.41 Å². The second-order valence-corrected chi connectivity index (χ2v) is 0.274. The molecule has 0 aromatic heterocycles. The van der Waals surface area contributed by atoms with Gasteiger partial charge < -0.3 is 5.41 Å². The van der Waals surface area contributed by atoms with Gasteiger partial charge in [0.25, 0.3) is 0 Å². The van der Waals surface area contributed by atoms with E-state index in [9.17, 15) is 0 Å². The third-order valence-electron chi connectivity index (χ3n) is 0. The Kier molecular flexibility index (Phi) is 66.1. The van der Waals surface area contributed by atoms with E-state index < -0.39 is 0 Å². The van der Waals surface area contributed by atoms with Crippen molar-refractivity contribution in [2.24, 2.45) is 0 Å². The van der Waals surface area contributed by atoms with Crippen LogP contribution in [0.1, 0.15) is 0 Å². The quantitative estimate of drug-likeness (QED) is 0.255. The van der Waals surface area contributed by atoms with E-state index in [1.165, 1.54) is 5.16 Å². The topological polar surface area (TPSA) is 22.3 Å².